The maximum atomic E-state index is 13.5. The summed E-state index contributed by atoms with van der Waals surface area (Å²) in [5.74, 6) is 0.961. The summed E-state index contributed by atoms with van der Waals surface area (Å²) in [6, 6.07) is 7.94. The van der Waals surface area contributed by atoms with E-state index in [0.29, 0.717) is 5.88 Å². The molecule has 2 aromatic rings. The minimum absolute atomic E-state index is 0.126. The molecule has 0 unspecified atom stereocenters. The monoisotopic (exact) mass is 365 g/mol. The number of likely N-dealkylation sites (tertiary alicyclic amines) is 1. The van der Waals surface area contributed by atoms with Crippen LogP contribution in [0.25, 0.3) is 0 Å². The predicted octanol–water partition coefficient (Wildman–Crippen LogP) is 3.67. The third-order valence-electron chi connectivity index (χ3n) is 5.99. The van der Waals surface area contributed by atoms with E-state index in [1.54, 1.807) is 12.4 Å². The van der Waals surface area contributed by atoms with Crippen molar-refractivity contribution in [2.45, 2.75) is 57.0 Å². The van der Waals surface area contributed by atoms with Gasteiger partial charge in [-0.3, -0.25) is 9.78 Å². The fourth-order valence-corrected chi connectivity index (χ4v) is 4.47. The lowest BCUT2D eigenvalue weighted by atomic mass is 9.78. The average molecular weight is 365 g/mol. The molecule has 2 fully saturated rings. The number of hydrogen-bond acceptors (Lipinski definition) is 4. The Morgan fingerprint density at radius 1 is 1.19 bits per heavy atom. The Bertz CT molecular complexity index is 779. The Morgan fingerprint density at radius 2 is 1.96 bits per heavy atom. The van der Waals surface area contributed by atoms with Crippen molar-refractivity contribution in [2.75, 3.05) is 13.1 Å². The molecule has 0 bridgehead atoms. The van der Waals surface area contributed by atoms with Crippen molar-refractivity contribution in [3.63, 3.8) is 0 Å². The van der Waals surface area contributed by atoms with E-state index < -0.39 is 0 Å². The van der Waals surface area contributed by atoms with E-state index in [1.165, 1.54) is 0 Å². The van der Waals surface area contributed by atoms with Crippen LogP contribution in [-0.4, -0.2) is 40.0 Å². The van der Waals surface area contributed by atoms with Crippen molar-refractivity contribution >= 4 is 5.91 Å². The smallest absolute Gasteiger partial charge is 0.233 e. The molecular weight excluding hydrogens is 338 g/mol. The Balaban J connectivity index is 1.42. The molecule has 2 aromatic heterocycles. The van der Waals surface area contributed by atoms with Crippen LogP contribution in [0.2, 0.25) is 0 Å². The number of hydrogen-bond donors (Lipinski definition) is 0. The van der Waals surface area contributed by atoms with E-state index in [0.717, 1.165) is 62.7 Å². The highest BCUT2D eigenvalue weighted by molar-refractivity contribution is 5.88. The molecule has 3 heterocycles. The molecule has 5 heteroatoms. The number of rotatable bonds is 4. The number of carbonyl (C=O) groups is 1. The standard InChI is InChI=1S/C22H27N3O2/c1-17-6-12-24-20(15-17)27-19-7-13-25(14-8-19)21(26)22(9-2-3-10-22)18-5-4-11-23-16-18/h4-6,11-12,15-16,19H,2-3,7-10,13-14H2,1H3. The maximum absolute atomic E-state index is 13.5. The van der Waals surface area contributed by atoms with Gasteiger partial charge in [-0.2, -0.15) is 0 Å². The molecule has 0 aromatic carbocycles. The number of amides is 1. The number of aryl methyl sites for hydroxylation is 1. The lowest BCUT2D eigenvalue weighted by molar-refractivity contribution is -0.139. The zero-order chi connectivity index (χ0) is 18.7. The third-order valence-corrected chi connectivity index (χ3v) is 5.99. The van der Waals surface area contributed by atoms with Crippen LogP contribution >= 0.6 is 0 Å². The molecule has 27 heavy (non-hydrogen) atoms. The first-order valence-electron chi connectivity index (χ1n) is 9.97. The molecule has 2 aliphatic rings. The average Bonchev–Trinajstić information content (AvgIpc) is 3.20. The largest absolute Gasteiger partial charge is 0.474 e. The number of piperidine rings is 1. The predicted molar refractivity (Wildman–Crippen MR) is 104 cm³/mol. The number of pyridine rings is 2. The molecule has 1 saturated carbocycles. The van der Waals surface area contributed by atoms with Gasteiger partial charge in [0.25, 0.3) is 0 Å². The molecule has 1 aliphatic carbocycles. The molecule has 1 aliphatic heterocycles. The van der Waals surface area contributed by atoms with E-state index in [1.807, 2.05) is 36.2 Å². The first kappa shape index (κ1) is 18.0. The molecule has 4 rings (SSSR count). The molecule has 0 radical (unpaired) electrons. The zero-order valence-corrected chi connectivity index (χ0v) is 15.9. The van der Waals surface area contributed by atoms with Crippen LogP contribution in [0.15, 0.2) is 42.9 Å². The van der Waals surface area contributed by atoms with E-state index in [4.69, 9.17) is 4.74 Å². The minimum atomic E-state index is -0.375. The molecule has 0 spiro atoms. The first-order valence-corrected chi connectivity index (χ1v) is 9.97. The summed E-state index contributed by atoms with van der Waals surface area (Å²) in [7, 11) is 0. The normalized spacial score (nSPS) is 19.8. The topological polar surface area (TPSA) is 55.3 Å². The van der Waals surface area contributed by atoms with Crippen molar-refractivity contribution in [3.8, 4) is 5.88 Å². The van der Waals surface area contributed by atoms with Crippen LogP contribution in [-0.2, 0) is 10.2 Å². The second-order valence-corrected chi connectivity index (χ2v) is 7.81. The number of nitrogens with zero attached hydrogens (tertiary/aromatic N) is 3. The summed E-state index contributed by atoms with van der Waals surface area (Å²) in [5.41, 5.74) is 1.85. The Labute approximate surface area is 160 Å². The summed E-state index contributed by atoms with van der Waals surface area (Å²) in [5, 5.41) is 0. The van der Waals surface area contributed by atoms with Gasteiger partial charge in [0.05, 0.1) is 5.41 Å². The van der Waals surface area contributed by atoms with E-state index in [2.05, 4.69) is 16.0 Å². The maximum Gasteiger partial charge on any atom is 0.233 e. The minimum Gasteiger partial charge on any atom is -0.474 e. The van der Waals surface area contributed by atoms with Crippen molar-refractivity contribution < 1.29 is 9.53 Å². The van der Waals surface area contributed by atoms with Gasteiger partial charge in [0.1, 0.15) is 6.10 Å². The van der Waals surface area contributed by atoms with Crippen LogP contribution < -0.4 is 4.74 Å². The zero-order valence-electron chi connectivity index (χ0n) is 15.9. The first-order chi connectivity index (χ1) is 13.2. The van der Waals surface area contributed by atoms with Gasteiger partial charge < -0.3 is 9.64 Å². The Kier molecular flexibility index (Phi) is 5.10. The Hall–Kier alpha value is -2.43. The molecule has 5 nitrogen and oxygen atoms in total. The van der Waals surface area contributed by atoms with Gasteiger partial charge in [-0.25, -0.2) is 4.98 Å². The fraction of sp³-hybridized carbons (Fsp3) is 0.500. The Morgan fingerprint density at radius 3 is 2.63 bits per heavy atom. The van der Waals surface area contributed by atoms with Crippen LogP contribution in [0.3, 0.4) is 0 Å². The number of ether oxygens (including phenoxy) is 1. The van der Waals surface area contributed by atoms with Gasteiger partial charge in [-0.15, -0.1) is 0 Å². The summed E-state index contributed by atoms with van der Waals surface area (Å²) in [4.78, 5) is 24.1. The van der Waals surface area contributed by atoms with Crippen LogP contribution in [0.1, 0.15) is 49.7 Å². The van der Waals surface area contributed by atoms with Gasteiger partial charge in [-0.1, -0.05) is 18.9 Å². The van der Waals surface area contributed by atoms with E-state index in [-0.39, 0.29) is 17.4 Å². The van der Waals surface area contributed by atoms with Gasteiger partial charge in [0.2, 0.25) is 11.8 Å². The summed E-state index contributed by atoms with van der Waals surface area (Å²) >= 11 is 0. The quantitative estimate of drug-likeness (QED) is 0.830. The lowest BCUT2D eigenvalue weighted by Crippen LogP contribution is -2.50. The van der Waals surface area contributed by atoms with Gasteiger partial charge >= 0.3 is 0 Å². The van der Waals surface area contributed by atoms with Crippen molar-refractivity contribution in [1.29, 1.82) is 0 Å². The van der Waals surface area contributed by atoms with Crippen molar-refractivity contribution in [1.82, 2.24) is 14.9 Å². The second kappa shape index (κ2) is 7.67. The highest BCUT2D eigenvalue weighted by Crippen LogP contribution is 2.42. The number of carbonyl (C=O) groups excluding carboxylic acids is 1. The van der Waals surface area contributed by atoms with Crippen LogP contribution in [0, 0.1) is 6.92 Å². The van der Waals surface area contributed by atoms with Gasteiger partial charge in [-0.05, 0) is 43.0 Å². The molecule has 1 saturated heterocycles. The van der Waals surface area contributed by atoms with E-state index >= 15 is 0 Å². The molecular formula is C22H27N3O2. The fourth-order valence-electron chi connectivity index (χ4n) is 4.47. The number of aromatic nitrogens is 2. The van der Waals surface area contributed by atoms with Gasteiger partial charge in [0.15, 0.2) is 0 Å². The SMILES string of the molecule is Cc1ccnc(OC2CCN(C(=O)C3(c4cccnc4)CCCC3)CC2)c1. The molecule has 1 amide bonds. The van der Waals surface area contributed by atoms with Crippen LogP contribution in [0.5, 0.6) is 5.88 Å². The summed E-state index contributed by atoms with van der Waals surface area (Å²) in [6.45, 7) is 3.53. The second-order valence-electron chi connectivity index (χ2n) is 7.81. The molecule has 0 N–H and O–H groups in total. The lowest BCUT2D eigenvalue weighted by Gasteiger charge is -2.38. The summed E-state index contributed by atoms with van der Waals surface area (Å²) in [6.07, 6.45) is 11.3. The highest BCUT2D eigenvalue weighted by atomic mass is 16.5. The van der Waals surface area contributed by atoms with Crippen molar-refractivity contribution in [2.24, 2.45) is 0 Å². The van der Waals surface area contributed by atoms with E-state index in [9.17, 15) is 4.79 Å². The molecule has 142 valence electrons. The third kappa shape index (κ3) is 3.68. The molecule has 0 atom stereocenters. The van der Waals surface area contributed by atoms with Gasteiger partial charge in [0, 0.05) is 50.6 Å². The summed E-state index contributed by atoms with van der Waals surface area (Å²) < 4.78 is 6.04. The van der Waals surface area contributed by atoms with Crippen LogP contribution in [0.4, 0.5) is 0 Å². The highest BCUT2D eigenvalue weighted by Gasteiger charge is 2.45. The van der Waals surface area contributed by atoms with Crippen molar-refractivity contribution in [3.05, 3.63) is 54.0 Å².